The first kappa shape index (κ1) is 14.5. The summed E-state index contributed by atoms with van der Waals surface area (Å²) in [6, 6.07) is 8.00. The van der Waals surface area contributed by atoms with E-state index in [-0.39, 0.29) is 18.6 Å². The maximum atomic E-state index is 12.0. The monoisotopic (exact) mass is 247 g/mol. The maximum Gasteiger partial charge on any atom is 0.246 e. The van der Waals surface area contributed by atoms with E-state index in [1.165, 1.54) is 0 Å². The van der Waals surface area contributed by atoms with Crippen LogP contribution < -0.4 is 0 Å². The summed E-state index contributed by atoms with van der Waals surface area (Å²) < 4.78 is 0. The van der Waals surface area contributed by atoms with E-state index >= 15 is 0 Å². The minimum atomic E-state index is -0.0673. The van der Waals surface area contributed by atoms with Crippen LogP contribution in [0.3, 0.4) is 0 Å². The van der Waals surface area contributed by atoms with Crippen LogP contribution >= 0.6 is 0 Å². The Balaban J connectivity index is 2.77. The molecule has 0 spiro atoms. The molecular weight excluding hydrogens is 226 g/mol. The average Bonchev–Trinajstić information content (AvgIpc) is 2.34. The molecule has 1 amide bonds. The number of carbonyl (C=O) groups is 1. The highest BCUT2D eigenvalue weighted by molar-refractivity contribution is 5.92. The van der Waals surface area contributed by atoms with Crippen molar-refractivity contribution in [3.05, 3.63) is 41.5 Å². The van der Waals surface area contributed by atoms with Crippen LogP contribution in [-0.2, 0) is 4.79 Å². The molecule has 0 saturated heterocycles. The van der Waals surface area contributed by atoms with E-state index in [1.807, 2.05) is 51.1 Å². The SMILES string of the molecule is Cc1ccccc1/C=C/C(=O)N(CCO)C(C)C. The lowest BCUT2D eigenvalue weighted by atomic mass is 10.1. The molecule has 1 aromatic carbocycles. The van der Waals surface area contributed by atoms with Gasteiger partial charge < -0.3 is 10.0 Å². The molecule has 0 aromatic heterocycles. The highest BCUT2D eigenvalue weighted by Crippen LogP contribution is 2.09. The van der Waals surface area contributed by atoms with Gasteiger partial charge in [0.2, 0.25) is 5.91 Å². The molecule has 18 heavy (non-hydrogen) atoms. The zero-order chi connectivity index (χ0) is 13.5. The molecule has 1 aromatic rings. The smallest absolute Gasteiger partial charge is 0.246 e. The van der Waals surface area contributed by atoms with Gasteiger partial charge in [-0.15, -0.1) is 0 Å². The zero-order valence-corrected chi connectivity index (χ0v) is 11.3. The standard InChI is InChI=1S/C15H21NO2/c1-12(2)16(10-11-17)15(18)9-8-14-7-5-4-6-13(14)3/h4-9,12,17H,10-11H2,1-3H3/b9-8+. The van der Waals surface area contributed by atoms with Gasteiger partial charge in [0.15, 0.2) is 0 Å². The van der Waals surface area contributed by atoms with E-state index in [1.54, 1.807) is 11.0 Å². The summed E-state index contributed by atoms with van der Waals surface area (Å²) in [4.78, 5) is 13.6. The van der Waals surface area contributed by atoms with E-state index in [2.05, 4.69) is 0 Å². The van der Waals surface area contributed by atoms with Crippen LogP contribution in [-0.4, -0.2) is 35.1 Å². The minimum absolute atomic E-state index is 0.0118. The minimum Gasteiger partial charge on any atom is -0.395 e. The van der Waals surface area contributed by atoms with Gasteiger partial charge in [-0.2, -0.15) is 0 Å². The summed E-state index contributed by atoms with van der Waals surface area (Å²) >= 11 is 0. The topological polar surface area (TPSA) is 40.5 Å². The van der Waals surface area contributed by atoms with Crippen LogP contribution in [0.1, 0.15) is 25.0 Å². The number of aryl methyl sites for hydroxylation is 1. The molecule has 0 fully saturated rings. The molecule has 1 rings (SSSR count). The second-order valence-electron chi connectivity index (χ2n) is 4.54. The fourth-order valence-electron chi connectivity index (χ4n) is 1.76. The third kappa shape index (κ3) is 4.00. The summed E-state index contributed by atoms with van der Waals surface area (Å²) in [6.45, 7) is 6.25. The summed E-state index contributed by atoms with van der Waals surface area (Å²) in [6.07, 6.45) is 3.39. The Morgan fingerprint density at radius 1 is 1.39 bits per heavy atom. The van der Waals surface area contributed by atoms with Crippen molar-refractivity contribution < 1.29 is 9.90 Å². The van der Waals surface area contributed by atoms with Gasteiger partial charge in [-0.3, -0.25) is 4.79 Å². The van der Waals surface area contributed by atoms with Gasteiger partial charge in [0, 0.05) is 18.7 Å². The lowest BCUT2D eigenvalue weighted by Gasteiger charge is -2.24. The van der Waals surface area contributed by atoms with Crippen LogP contribution in [0.5, 0.6) is 0 Å². The molecule has 0 atom stereocenters. The van der Waals surface area contributed by atoms with Crippen molar-refractivity contribution in [2.75, 3.05) is 13.2 Å². The van der Waals surface area contributed by atoms with Crippen molar-refractivity contribution in [1.29, 1.82) is 0 Å². The highest BCUT2D eigenvalue weighted by atomic mass is 16.3. The molecule has 0 unspecified atom stereocenters. The van der Waals surface area contributed by atoms with Gasteiger partial charge in [0.1, 0.15) is 0 Å². The van der Waals surface area contributed by atoms with Crippen molar-refractivity contribution in [3.8, 4) is 0 Å². The number of carbonyl (C=O) groups excluding carboxylic acids is 1. The number of amides is 1. The van der Waals surface area contributed by atoms with Crippen molar-refractivity contribution >= 4 is 12.0 Å². The second-order valence-corrected chi connectivity index (χ2v) is 4.54. The lowest BCUT2D eigenvalue weighted by Crippen LogP contribution is -2.37. The van der Waals surface area contributed by atoms with Crippen LogP contribution in [0.2, 0.25) is 0 Å². The van der Waals surface area contributed by atoms with Gasteiger partial charge in [-0.1, -0.05) is 24.3 Å². The molecule has 1 N–H and O–H groups in total. The summed E-state index contributed by atoms with van der Waals surface area (Å²) in [7, 11) is 0. The maximum absolute atomic E-state index is 12.0. The molecule has 98 valence electrons. The normalized spacial score (nSPS) is 11.2. The van der Waals surface area contributed by atoms with E-state index in [4.69, 9.17) is 5.11 Å². The van der Waals surface area contributed by atoms with E-state index in [0.717, 1.165) is 11.1 Å². The molecule has 0 saturated carbocycles. The van der Waals surface area contributed by atoms with Gasteiger partial charge in [0.05, 0.1) is 6.61 Å². The van der Waals surface area contributed by atoms with E-state index in [9.17, 15) is 4.79 Å². The Hall–Kier alpha value is -1.61. The molecule has 0 heterocycles. The Morgan fingerprint density at radius 2 is 2.06 bits per heavy atom. The fraction of sp³-hybridized carbons (Fsp3) is 0.400. The molecule has 0 aliphatic carbocycles. The van der Waals surface area contributed by atoms with Gasteiger partial charge in [-0.25, -0.2) is 0 Å². The Bertz CT molecular complexity index is 424. The Morgan fingerprint density at radius 3 is 2.61 bits per heavy atom. The fourth-order valence-corrected chi connectivity index (χ4v) is 1.76. The predicted molar refractivity (Wildman–Crippen MR) is 74.1 cm³/mol. The van der Waals surface area contributed by atoms with Crippen molar-refractivity contribution in [2.45, 2.75) is 26.8 Å². The van der Waals surface area contributed by atoms with Gasteiger partial charge in [0.25, 0.3) is 0 Å². The molecule has 3 nitrogen and oxygen atoms in total. The molecular formula is C15H21NO2. The third-order valence-corrected chi connectivity index (χ3v) is 2.84. The Labute approximate surface area is 109 Å². The Kier molecular flexibility index (Phi) is 5.59. The van der Waals surface area contributed by atoms with Crippen molar-refractivity contribution in [3.63, 3.8) is 0 Å². The first-order valence-electron chi connectivity index (χ1n) is 6.21. The van der Waals surface area contributed by atoms with Crippen molar-refractivity contribution in [1.82, 2.24) is 4.90 Å². The first-order valence-corrected chi connectivity index (χ1v) is 6.21. The largest absolute Gasteiger partial charge is 0.395 e. The summed E-state index contributed by atoms with van der Waals surface area (Å²) in [5.41, 5.74) is 2.18. The summed E-state index contributed by atoms with van der Waals surface area (Å²) in [5.74, 6) is -0.0673. The zero-order valence-electron chi connectivity index (χ0n) is 11.3. The van der Waals surface area contributed by atoms with Crippen LogP contribution in [0.4, 0.5) is 0 Å². The number of aliphatic hydroxyl groups is 1. The molecule has 0 bridgehead atoms. The number of nitrogens with zero attached hydrogens (tertiary/aromatic N) is 1. The molecule has 3 heteroatoms. The van der Waals surface area contributed by atoms with Crippen LogP contribution in [0, 0.1) is 6.92 Å². The average molecular weight is 247 g/mol. The number of aliphatic hydroxyl groups excluding tert-OH is 1. The molecule has 0 aliphatic rings. The van der Waals surface area contributed by atoms with E-state index in [0.29, 0.717) is 6.54 Å². The van der Waals surface area contributed by atoms with Crippen LogP contribution in [0.15, 0.2) is 30.3 Å². The van der Waals surface area contributed by atoms with Gasteiger partial charge >= 0.3 is 0 Å². The van der Waals surface area contributed by atoms with Crippen LogP contribution in [0.25, 0.3) is 6.08 Å². The number of benzene rings is 1. The first-order chi connectivity index (χ1) is 8.56. The highest BCUT2D eigenvalue weighted by Gasteiger charge is 2.13. The van der Waals surface area contributed by atoms with Gasteiger partial charge in [-0.05, 0) is 38.0 Å². The quantitative estimate of drug-likeness (QED) is 0.811. The van der Waals surface area contributed by atoms with E-state index < -0.39 is 0 Å². The second kappa shape index (κ2) is 6.97. The number of hydrogen-bond donors (Lipinski definition) is 1. The number of rotatable bonds is 5. The molecule has 0 aliphatic heterocycles. The summed E-state index contributed by atoms with van der Waals surface area (Å²) in [5, 5.41) is 8.95. The molecule has 0 radical (unpaired) electrons. The number of hydrogen-bond acceptors (Lipinski definition) is 2. The lowest BCUT2D eigenvalue weighted by molar-refractivity contribution is -0.128. The van der Waals surface area contributed by atoms with Crippen molar-refractivity contribution in [2.24, 2.45) is 0 Å². The third-order valence-electron chi connectivity index (χ3n) is 2.84. The predicted octanol–water partition coefficient (Wildman–Crippen LogP) is 2.24.